The van der Waals surface area contributed by atoms with Crippen molar-refractivity contribution in [3.63, 3.8) is 0 Å². The van der Waals surface area contributed by atoms with E-state index in [0.717, 1.165) is 16.4 Å². The number of halogens is 3. The van der Waals surface area contributed by atoms with Gasteiger partial charge in [0, 0.05) is 6.54 Å². The van der Waals surface area contributed by atoms with E-state index in [9.17, 15) is 12.8 Å². The molecule has 2 rings (SSSR count). The summed E-state index contributed by atoms with van der Waals surface area (Å²) in [6.45, 7) is 1.85. The molecule has 0 saturated carbocycles. The first-order valence-electron chi connectivity index (χ1n) is 6.10. The lowest BCUT2D eigenvalue weighted by atomic mass is 10.3. The zero-order chi connectivity index (χ0) is 15.6. The summed E-state index contributed by atoms with van der Waals surface area (Å²) < 4.78 is 39.4. The summed E-state index contributed by atoms with van der Waals surface area (Å²) in [5.41, 5.74) is 0.288. The zero-order valence-electron chi connectivity index (χ0n) is 11.1. The maximum atomic E-state index is 13.0. The summed E-state index contributed by atoms with van der Waals surface area (Å²) in [7, 11) is -3.84. The molecule has 0 heterocycles. The largest absolute Gasteiger partial charge is 0.265 e. The molecule has 0 bridgehead atoms. The third-order valence-electron chi connectivity index (χ3n) is 2.89. The number of anilines is 1. The highest BCUT2D eigenvalue weighted by atomic mass is 35.5. The van der Waals surface area contributed by atoms with Gasteiger partial charge in [0.2, 0.25) is 0 Å². The molecule has 0 radical (unpaired) electrons. The smallest absolute Gasteiger partial charge is 0.264 e. The van der Waals surface area contributed by atoms with Crippen LogP contribution < -0.4 is 4.31 Å². The van der Waals surface area contributed by atoms with E-state index < -0.39 is 15.8 Å². The van der Waals surface area contributed by atoms with Crippen LogP contribution in [0, 0.1) is 5.82 Å². The first-order chi connectivity index (χ1) is 9.87. The quantitative estimate of drug-likeness (QED) is 0.824. The molecule has 21 heavy (non-hydrogen) atoms. The second kappa shape index (κ2) is 6.22. The summed E-state index contributed by atoms with van der Waals surface area (Å²) in [6.07, 6.45) is 0. The molecule has 0 aliphatic heterocycles. The first kappa shape index (κ1) is 16.1. The van der Waals surface area contributed by atoms with Gasteiger partial charge in [0.15, 0.2) is 0 Å². The van der Waals surface area contributed by atoms with Gasteiger partial charge in [-0.3, -0.25) is 4.31 Å². The molecule has 0 N–H and O–H groups in total. The van der Waals surface area contributed by atoms with Crippen molar-refractivity contribution in [3.05, 3.63) is 58.3 Å². The van der Waals surface area contributed by atoms with Gasteiger partial charge in [0.25, 0.3) is 10.0 Å². The fourth-order valence-electron chi connectivity index (χ4n) is 1.89. The second-order valence-corrected chi connectivity index (χ2v) is 6.84. The van der Waals surface area contributed by atoms with Crippen molar-refractivity contribution in [3.8, 4) is 0 Å². The Balaban J connectivity index is 2.54. The number of benzene rings is 2. The maximum absolute atomic E-state index is 13.0. The lowest BCUT2D eigenvalue weighted by Gasteiger charge is -2.24. The van der Waals surface area contributed by atoms with Crippen molar-refractivity contribution in [2.45, 2.75) is 11.8 Å². The second-order valence-electron chi connectivity index (χ2n) is 4.20. The molecule has 2 aromatic rings. The van der Waals surface area contributed by atoms with Crippen LogP contribution in [0.1, 0.15) is 6.92 Å². The SMILES string of the molecule is CCN(c1cccc(Cl)c1Cl)S(=O)(=O)c1ccc(F)cc1. The molecule has 7 heteroatoms. The van der Waals surface area contributed by atoms with E-state index in [-0.39, 0.29) is 27.2 Å². The number of rotatable bonds is 4. The van der Waals surface area contributed by atoms with Gasteiger partial charge in [-0.05, 0) is 43.3 Å². The van der Waals surface area contributed by atoms with Crippen molar-refractivity contribution in [1.82, 2.24) is 0 Å². The minimum Gasteiger partial charge on any atom is -0.265 e. The van der Waals surface area contributed by atoms with Crippen molar-refractivity contribution in [1.29, 1.82) is 0 Å². The maximum Gasteiger partial charge on any atom is 0.264 e. The van der Waals surface area contributed by atoms with Crippen LogP contribution >= 0.6 is 23.2 Å². The number of sulfonamides is 1. The molecule has 0 aliphatic rings. The number of nitrogens with zero attached hydrogens (tertiary/aromatic N) is 1. The van der Waals surface area contributed by atoms with Crippen molar-refractivity contribution in [2.24, 2.45) is 0 Å². The van der Waals surface area contributed by atoms with Crippen LogP contribution in [0.25, 0.3) is 0 Å². The lowest BCUT2D eigenvalue weighted by molar-refractivity contribution is 0.590. The summed E-state index contributed by atoms with van der Waals surface area (Å²) >= 11 is 12.0. The Morgan fingerprint density at radius 2 is 1.71 bits per heavy atom. The Kier molecular flexibility index (Phi) is 4.76. The van der Waals surface area contributed by atoms with Crippen LogP contribution in [0.2, 0.25) is 10.0 Å². The molecule has 0 aliphatic carbocycles. The average Bonchev–Trinajstić information content (AvgIpc) is 2.44. The van der Waals surface area contributed by atoms with Gasteiger partial charge in [0.1, 0.15) is 5.82 Å². The van der Waals surface area contributed by atoms with E-state index in [1.54, 1.807) is 25.1 Å². The monoisotopic (exact) mass is 347 g/mol. The number of hydrogen-bond donors (Lipinski definition) is 0. The first-order valence-corrected chi connectivity index (χ1v) is 8.30. The van der Waals surface area contributed by atoms with Crippen LogP contribution in [0.5, 0.6) is 0 Å². The van der Waals surface area contributed by atoms with Crippen molar-refractivity contribution in [2.75, 3.05) is 10.8 Å². The topological polar surface area (TPSA) is 37.4 Å². The highest BCUT2D eigenvalue weighted by Gasteiger charge is 2.25. The molecule has 0 atom stereocenters. The molecule has 0 unspecified atom stereocenters. The fourth-order valence-corrected chi connectivity index (χ4v) is 3.82. The minimum absolute atomic E-state index is 0.0122. The molecule has 0 aromatic heterocycles. The van der Waals surface area contributed by atoms with Crippen molar-refractivity contribution >= 4 is 38.9 Å². The third kappa shape index (κ3) is 3.15. The Bertz CT molecular complexity index is 748. The molecular weight excluding hydrogens is 336 g/mol. The van der Waals surface area contributed by atoms with Crippen LogP contribution in [-0.4, -0.2) is 15.0 Å². The Morgan fingerprint density at radius 3 is 2.29 bits per heavy atom. The van der Waals surface area contributed by atoms with Gasteiger partial charge < -0.3 is 0 Å². The highest BCUT2D eigenvalue weighted by Crippen LogP contribution is 2.35. The lowest BCUT2D eigenvalue weighted by Crippen LogP contribution is -2.31. The molecular formula is C14H12Cl2FNO2S. The van der Waals surface area contributed by atoms with Crippen LogP contribution in [0.3, 0.4) is 0 Å². The van der Waals surface area contributed by atoms with Crippen molar-refractivity contribution < 1.29 is 12.8 Å². The molecule has 0 saturated heterocycles. The van der Waals surface area contributed by atoms with Gasteiger partial charge in [0.05, 0.1) is 20.6 Å². The molecule has 112 valence electrons. The van der Waals surface area contributed by atoms with Gasteiger partial charge in [-0.2, -0.15) is 0 Å². The molecule has 0 fully saturated rings. The predicted octanol–water partition coefficient (Wildman–Crippen LogP) is 4.35. The summed E-state index contributed by atoms with van der Waals surface area (Å²) in [4.78, 5) is -0.0122. The molecule has 3 nitrogen and oxygen atoms in total. The molecule has 0 spiro atoms. The van der Waals surface area contributed by atoms with Gasteiger partial charge in [-0.25, -0.2) is 12.8 Å². The van der Waals surface area contributed by atoms with E-state index in [0.29, 0.717) is 0 Å². The van der Waals surface area contributed by atoms with Gasteiger partial charge in [-0.1, -0.05) is 29.3 Å². The van der Waals surface area contributed by atoms with Gasteiger partial charge >= 0.3 is 0 Å². The minimum atomic E-state index is -3.84. The Morgan fingerprint density at radius 1 is 1.10 bits per heavy atom. The summed E-state index contributed by atoms with van der Waals surface area (Å²) in [5, 5.41) is 0.425. The van der Waals surface area contributed by atoms with Gasteiger partial charge in [-0.15, -0.1) is 0 Å². The predicted molar refractivity (Wildman–Crippen MR) is 83.1 cm³/mol. The standard InChI is InChI=1S/C14H12Cl2FNO2S/c1-2-18(13-5-3-4-12(15)14(13)16)21(19,20)11-8-6-10(17)7-9-11/h3-9H,2H2,1H3. The average molecular weight is 348 g/mol. The van der Waals surface area contributed by atoms with E-state index in [2.05, 4.69) is 0 Å². The summed E-state index contributed by atoms with van der Waals surface area (Å²) in [6, 6.07) is 9.38. The van der Waals surface area contributed by atoms with Crippen LogP contribution in [0.15, 0.2) is 47.4 Å². The highest BCUT2D eigenvalue weighted by molar-refractivity contribution is 7.92. The van der Waals surface area contributed by atoms with E-state index in [1.165, 1.54) is 12.1 Å². The number of hydrogen-bond acceptors (Lipinski definition) is 2. The van der Waals surface area contributed by atoms with E-state index >= 15 is 0 Å². The molecule has 2 aromatic carbocycles. The fraction of sp³-hybridized carbons (Fsp3) is 0.143. The molecule has 0 amide bonds. The van der Waals surface area contributed by atoms with E-state index in [1.807, 2.05) is 0 Å². The van der Waals surface area contributed by atoms with Crippen LogP contribution in [0.4, 0.5) is 10.1 Å². The Hall–Kier alpha value is -1.30. The zero-order valence-corrected chi connectivity index (χ0v) is 13.4. The Labute approximate surface area is 133 Å². The normalized spacial score (nSPS) is 11.4. The van der Waals surface area contributed by atoms with E-state index in [4.69, 9.17) is 23.2 Å². The third-order valence-corrected chi connectivity index (χ3v) is 5.60. The van der Waals surface area contributed by atoms with Crippen LogP contribution in [-0.2, 0) is 10.0 Å². The summed E-state index contributed by atoms with van der Waals surface area (Å²) in [5.74, 6) is -0.502.